The van der Waals surface area contributed by atoms with Crippen LogP contribution < -0.4 is 10.0 Å². The van der Waals surface area contributed by atoms with E-state index < -0.39 is 16.1 Å². The Bertz CT molecular complexity index is 1300. The minimum absolute atomic E-state index is 0.249. The van der Waals surface area contributed by atoms with Gasteiger partial charge in [-0.1, -0.05) is 96.1 Å². The van der Waals surface area contributed by atoms with Gasteiger partial charge in [0, 0.05) is 6.54 Å². The molecule has 0 amide bonds. The maximum atomic E-state index is 13.5. The first-order chi connectivity index (χ1) is 17.9. The van der Waals surface area contributed by atoms with Crippen LogP contribution in [0.5, 0.6) is 0 Å². The predicted molar refractivity (Wildman–Crippen MR) is 150 cm³/mol. The van der Waals surface area contributed by atoms with Crippen LogP contribution in [0.3, 0.4) is 0 Å². The van der Waals surface area contributed by atoms with Crippen molar-refractivity contribution in [3.63, 3.8) is 0 Å². The molecule has 1 aliphatic carbocycles. The number of rotatable bonds is 12. The number of benzene rings is 3. The second kappa shape index (κ2) is 13.0. The van der Waals surface area contributed by atoms with Gasteiger partial charge in [-0.15, -0.1) is 0 Å². The molecule has 0 heterocycles. The Hall–Kier alpha value is -3.03. The van der Waals surface area contributed by atoms with Crippen molar-refractivity contribution >= 4 is 10.0 Å². The second-order valence-electron chi connectivity index (χ2n) is 9.54. The quantitative estimate of drug-likeness (QED) is 0.228. The molecule has 0 bridgehead atoms. The lowest BCUT2D eigenvalue weighted by atomic mass is 9.94. The number of allylic oxidation sites excluding steroid dienone is 3. The lowest BCUT2D eigenvalue weighted by molar-refractivity contribution is 0.152. The number of aryl methyl sites for hydroxylation is 1. The van der Waals surface area contributed by atoms with Crippen LogP contribution in [-0.2, 0) is 14.8 Å². The molecule has 0 saturated carbocycles. The Morgan fingerprint density at radius 3 is 2.00 bits per heavy atom. The molecule has 2 N–H and O–H groups in total. The summed E-state index contributed by atoms with van der Waals surface area (Å²) in [6.45, 7) is 5.81. The van der Waals surface area contributed by atoms with E-state index in [4.69, 9.17) is 4.74 Å². The van der Waals surface area contributed by atoms with E-state index in [1.165, 1.54) is 11.1 Å². The molecule has 2 atom stereocenters. The summed E-state index contributed by atoms with van der Waals surface area (Å²) in [6.07, 6.45) is 6.45. The average molecular weight is 517 g/mol. The highest BCUT2D eigenvalue weighted by atomic mass is 32.2. The van der Waals surface area contributed by atoms with Crippen molar-refractivity contribution in [3.8, 4) is 0 Å². The van der Waals surface area contributed by atoms with Gasteiger partial charge in [-0.2, -0.15) is 0 Å². The zero-order chi connectivity index (χ0) is 26.1. The van der Waals surface area contributed by atoms with E-state index in [0.717, 1.165) is 29.5 Å². The van der Waals surface area contributed by atoms with E-state index >= 15 is 0 Å². The van der Waals surface area contributed by atoms with Gasteiger partial charge in [-0.25, -0.2) is 13.1 Å². The molecular formula is C31H36N2O3S. The van der Waals surface area contributed by atoms with E-state index in [0.29, 0.717) is 19.8 Å². The van der Waals surface area contributed by atoms with Crippen LogP contribution in [0, 0.1) is 6.92 Å². The highest BCUT2D eigenvalue weighted by molar-refractivity contribution is 7.89. The highest BCUT2D eigenvalue weighted by Crippen LogP contribution is 2.31. The van der Waals surface area contributed by atoms with E-state index in [-0.39, 0.29) is 10.9 Å². The molecule has 0 radical (unpaired) electrons. The number of nitrogens with one attached hydrogen (secondary N) is 2. The molecule has 0 aliphatic heterocycles. The van der Waals surface area contributed by atoms with Gasteiger partial charge < -0.3 is 10.1 Å². The van der Waals surface area contributed by atoms with Crippen molar-refractivity contribution < 1.29 is 13.2 Å². The number of ether oxygens (including phenoxy) is 1. The number of hydrogen-bond acceptors (Lipinski definition) is 4. The summed E-state index contributed by atoms with van der Waals surface area (Å²) in [7, 11) is -3.77. The van der Waals surface area contributed by atoms with Crippen LogP contribution in [0.15, 0.2) is 113 Å². The highest BCUT2D eigenvalue weighted by Gasteiger charge is 2.29. The Morgan fingerprint density at radius 2 is 1.41 bits per heavy atom. The zero-order valence-electron chi connectivity index (χ0n) is 21.6. The molecule has 3 aromatic carbocycles. The normalized spacial score (nSPS) is 15.5. The summed E-state index contributed by atoms with van der Waals surface area (Å²) >= 11 is 0. The first-order valence-corrected chi connectivity index (χ1v) is 14.2. The van der Waals surface area contributed by atoms with Gasteiger partial charge in [0.05, 0.1) is 30.2 Å². The smallest absolute Gasteiger partial charge is 0.241 e. The van der Waals surface area contributed by atoms with Gasteiger partial charge in [0.25, 0.3) is 0 Å². The van der Waals surface area contributed by atoms with Crippen molar-refractivity contribution in [2.24, 2.45) is 0 Å². The van der Waals surface area contributed by atoms with Crippen molar-refractivity contribution in [2.45, 2.75) is 43.7 Å². The molecule has 6 heteroatoms. The van der Waals surface area contributed by atoms with E-state index in [2.05, 4.69) is 29.1 Å². The third-order valence-electron chi connectivity index (χ3n) is 6.59. The van der Waals surface area contributed by atoms with E-state index in [1.807, 2.05) is 79.7 Å². The van der Waals surface area contributed by atoms with Crippen LogP contribution >= 0.6 is 0 Å². The molecule has 0 fully saturated rings. The fourth-order valence-electron chi connectivity index (χ4n) is 4.42. The summed E-state index contributed by atoms with van der Waals surface area (Å²) < 4.78 is 35.9. The largest absolute Gasteiger partial charge is 0.376 e. The van der Waals surface area contributed by atoms with Gasteiger partial charge in [-0.3, -0.25) is 0 Å². The first kappa shape index (κ1) is 27.0. The number of hydrogen-bond donors (Lipinski definition) is 2. The molecule has 0 unspecified atom stereocenters. The summed E-state index contributed by atoms with van der Waals surface area (Å²) in [4.78, 5) is 0.249. The minimum Gasteiger partial charge on any atom is -0.376 e. The Labute approximate surface area is 221 Å². The molecule has 3 aromatic rings. The third-order valence-corrected chi connectivity index (χ3v) is 8.04. The van der Waals surface area contributed by atoms with Gasteiger partial charge in [0.2, 0.25) is 10.0 Å². The molecule has 0 aromatic heterocycles. The van der Waals surface area contributed by atoms with Crippen LogP contribution in [0.1, 0.15) is 48.5 Å². The lowest BCUT2D eigenvalue weighted by Crippen LogP contribution is -2.39. The molecule has 1 aliphatic rings. The van der Waals surface area contributed by atoms with Crippen LogP contribution in [0.4, 0.5) is 0 Å². The van der Waals surface area contributed by atoms with Crippen molar-refractivity contribution in [2.75, 3.05) is 19.8 Å². The number of sulfonamides is 1. The molecule has 0 spiro atoms. The van der Waals surface area contributed by atoms with Crippen molar-refractivity contribution in [3.05, 3.63) is 125 Å². The van der Waals surface area contributed by atoms with Gasteiger partial charge in [0.15, 0.2) is 0 Å². The predicted octanol–water partition coefficient (Wildman–Crippen LogP) is 6.03. The summed E-state index contributed by atoms with van der Waals surface area (Å²) in [5, 5.41) is 3.58. The van der Waals surface area contributed by atoms with Crippen molar-refractivity contribution in [1.82, 2.24) is 10.0 Å². The van der Waals surface area contributed by atoms with E-state index in [9.17, 15) is 8.42 Å². The molecule has 37 heavy (non-hydrogen) atoms. The fourth-order valence-corrected chi connectivity index (χ4v) is 5.65. The summed E-state index contributed by atoms with van der Waals surface area (Å²) in [5.41, 5.74) is 5.60. The van der Waals surface area contributed by atoms with Gasteiger partial charge in [0.1, 0.15) is 0 Å². The molecule has 0 saturated heterocycles. The Morgan fingerprint density at radius 1 is 0.784 bits per heavy atom. The van der Waals surface area contributed by atoms with Gasteiger partial charge in [-0.05, 0) is 55.5 Å². The average Bonchev–Trinajstić information content (AvgIpc) is 2.92. The molecule has 194 valence electrons. The fraction of sp³-hybridized carbons (Fsp3) is 0.290. The SMILES string of the molecule is CC1=CCC(COCCN[C@@H](c2ccccc2)[C@H](NS(=O)(=O)c2ccc(C)cc2)c2ccccc2)=CC1. The monoisotopic (exact) mass is 516 g/mol. The zero-order valence-corrected chi connectivity index (χ0v) is 22.4. The maximum Gasteiger partial charge on any atom is 0.241 e. The summed E-state index contributed by atoms with van der Waals surface area (Å²) in [5.74, 6) is 0. The Kier molecular flexibility index (Phi) is 9.47. The molecule has 4 rings (SSSR count). The van der Waals surface area contributed by atoms with Crippen LogP contribution in [0.25, 0.3) is 0 Å². The van der Waals surface area contributed by atoms with Crippen LogP contribution in [0.2, 0.25) is 0 Å². The topological polar surface area (TPSA) is 67.4 Å². The van der Waals surface area contributed by atoms with Crippen molar-refractivity contribution in [1.29, 1.82) is 0 Å². The minimum atomic E-state index is -3.77. The first-order valence-electron chi connectivity index (χ1n) is 12.8. The Balaban J connectivity index is 1.53. The van der Waals surface area contributed by atoms with Gasteiger partial charge >= 0.3 is 0 Å². The van der Waals surface area contributed by atoms with E-state index in [1.54, 1.807) is 12.1 Å². The molecule has 5 nitrogen and oxygen atoms in total. The third kappa shape index (κ3) is 7.73. The maximum absolute atomic E-state index is 13.5. The second-order valence-corrected chi connectivity index (χ2v) is 11.3. The van der Waals surface area contributed by atoms with Crippen LogP contribution in [-0.4, -0.2) is 28.2 Å². The summed E-state index contributed by atoms with van der Waals surface area (Å²) in [6, 6.07) is 25.8. The standard InChI is InChI=1S/C31H36N2O3S/c1-24-13-17-26(18-14-24)23-36-22-21-32-30(27-9-5-3-6-10-27)31(28-11-7-4-8-12-28)33-37(34,35)29-19-15-25(2)16-20-29/h3-13,15-16,18-20,30-33H,14,17,21-23H2,1-2H3/t30-,31+/m0/s1. The lowest BCUT2D eigenvalue weighted by Gasteiger charge is -2.30. The molecular weight excluding hydrogens is 480 g/mol.